The van der Waals surface area contributed by atoms with Gasteiger partial charge in [-0.2, -0.15) is 0 Å². The molecular weight excluding hydrogens is 264 g/mol. The second-order valence-electron chi connectivity index (χ2n) is 4.93. The molecule has 0 aromatic heterocycles. The van der Waals surface area contributed by atoms with E-state index in [1.54, 1.807) is 11.9 Å². The van der Waals surface area contributed by atoms with E-state index in [0.29, 0.717) is 12.3 Å². The zero-order valence-electron chi connectivity index (χ0n) is 12.4. The third-order valence-corrected chi connectivity index (χ3v) is 3.28. The summed E-state index contributed by atoms with van der Waals surface area (Å²) in [4.78, 5) is 13.7. The van der Waals surface area contributed by atoms with Crippen LogP contribution in [0, 0.1) is 6.92 Å². The Balaban J connectivity index is 1.94. The van der Waals surface area contributed by atoms with Crippen LogP contribution in [0.5, 0.6) is 5.75 Å². The molecular formula is C17H20N2O2. The van der Waals surface area contributed by atoms with Crippen molar-refractivity contribution in [2.24, 2.45) is 5.73 Å². The maximum Gasteiger partial charge on any atom is 0.264 e. The molecule has 1 amide bonds. The predicted molar refractivity (Wildman–Crippen MR) is 84.4 cm³/mol. The summed E-state index contributed by atoms with van der Waals surface area (Å²) in [5.74, 6) is 0.571. The molecule has 21 heavy (non-hydrogen) atoms. The van der Waals surface area contributed by atoms with Crippen molar-refractivity contribution in [2.45, 2.75) is 13.5 Å². The number of aryl methyl sites for hydroxylation is 1. The van der Waals surface area contributed by atoms with Gasteiger partial charge >= 0.3 is 0 Å². The molecule has 0 unspecified atom stereocenters. The van der Waals surface area contributed by atoms with Gasteiger partial charge in [-0.25, -0.2) is 0 Å². The number of carbonyl (C=O) groups excluding carboxylic acids is 1. The van der Waals surface area contributed by atoms with Crippen LogP contribution in [0.25, 0.3) is 0 Å². The highest BCUT2D eigenvalue weighted by Gasteiger charge is 2.11. The van der Waals surface area contributed by atoms with Crippen LogP contribution >= 0.6 is 0 Å². The van der Waals surface area contributed by atoms with E-state index in [2.05, 4.69) is 0 Å². The molecule has 0 radical (unpaired) electrons. The molecule has 0 atom stereocenters. The number of nitrogens with zero attached hydrogens (tertiary/aromatic N) is 1. The number of ether oxygens (including phenoxy) is 1. The fourth-order valence-electron chi connectivity index (χ4n) is 1.94. The van der Waals surface area contributed by atoms with E-state index in [1.807, 2.05) is 55.5 Å². The number of likely N-dealkylation sites (N-methyl/N-ethyl adjacent to an activating group) is 1. The molecule has 0 heterocycles. The van der Waals surface area contributed by atoms with Crippen molar-refractivity contribution >= 4 is 11.6 Å². The average molecular weight is 284 g/mol. The summed E-state index contributed by atoms with van der Waals surface area (Å²) in [6.07, 6.45) is 0. The Kier molecular flexibility index (Phi) is 4.95. The first-order chi connectivity index (χ1) is 10.1. The van der Waals surface area contributed by atoms with Crippen LogP contribution in [0.15, 0.2) is 48.5 Å². The van der Waals surface area contributed by atoms with Gasteiger partial charge in [-0.3, -0.25) is 4.79 Å². The summed E-state index contributed by atoms with van der Waals surface area (Å²) < 4.78 is 5.51. The van der Waals surface area contributed by atoms with Gasteiger partial charge in [0.05, 0.1) is 0 Å². The molecule has 0 fully saturated rings. The molecule has 4 heteroatoms. The summed E-state index contributed by atoms with van der Waals surface area (Å²) in [7, 11) is 1.75. The number of amides is 1. The highest BCUT2D eigenvalue weighted by atomic mass is 16.5. The normalized spacial score (nSPS) is 10.2. The molecule has 2 aromatic carbocycles. The lowest BCUT2D eigenvalue weighted by molar-refractivity contribution is -0.120. The zero-order chi connectivity index (χ0) is 15.2. The third kappa shape index (κ3) is 4.07. The summed E-state index contributed by atoms with van der Waals surface area (Å²) >= 11 is 0. The van der Waals surface area contributed by atoms with Crippen LogP contribution in [-0.4, -0.2) is 19.6 Å². The van der Waals surface area contributed by atoms with E-state index >= 15 is 0 Å². The number of anilines is 1. The van der Waals surface area contributed by atoms with Crippen LogP contribution in [0.3, 0.4) is 0 Å². The standard InChI is InChI=1S/C17H20N2O2/c1-13-4-3-5-15(10-13)19(2)17(20)12-21-16-8-6-14(11-18)7-9-16/h3-10H,11-12,18H2,1-2H3. The van der Waals surface area contributed by atoms with Gasteiger partial charge in [0.15, 0.2) is 6.61 Å². The molecule has 2 rings (SSSR count). The van der Waals surface area contributed by atoms with Gasteiger partial charge in [0.25, 0.3) is 5.91 Å². The quantitative estimate of drug-likeness (QED) is 0.917. The minimum absolute atomic E-state index is 0.00636. The molecule has 0 spiro atoms. The van der Waals surface area contributed by atoms with Gasteiger partial charge in [-0.15, -0.1) is 0 Å². The minimum Gasteiger partial charge on any atom is -0.484 e. The minimum atomic E-state index is -0.0940. The molecule has 0 aliphatic carbocycles. The van der Waals surface area contributed by atoms with Crippen LogP contribution in [0.1, 0.15) is 11.1 Å². The van der Waals surface area contributed by atoms with E-state index in [-0.39, 0.29) is 12.5 Å². The maximum atomic E-state index is 12.1. The van der Waals surface area contributed by atoms with E-state index in [9.17, 15) is 4.79 Å². The van der Waals surface area contributed by atoms with Gasteiger partial charge in [-0.1, -0.05) is 24.3 Å². The van der Waals surface area contributed by atoms with E-state index in [1.165, 1.54) is 0 Å². The predicted octanol–water partition coefficient (Wildman–Crippen LogP) is 2.50. The van der Waals surface area contributed by atoms with Gasteiger partial charge < -0.3 is 15.4 Å². The first-order valence-electron chi connectivity index (χ1n) is 6.85. The largest absolute Gasteiger partial charge is 0.484 e. The van der Waals surface area contributed by atoms with Gasteiger partial charge in [0, 0.05) is 19.3 Å². The first-order valence-corrected chi connectivity index (χ1v) is 6.85. The van der Waals surface area contributed by atoms with E-state index in [0.717, 1.165) is 16.8 Å². The van der Waals surface area contributed by atoms with Gasteiger partial charge in [-0.05, 0) is 42.3 Å². The van der Waals surface area contributed by atoms with Crippen LogP contribution in [0.4, 0.5) is 5.69 Å². The van der Waals surface area contributed by atoms with Crippen molar-refractivity contribution in [3.05, 3.63) is 59.7 Å². The first kappa shape index (κ1) is 15.1. The van der Waals surface area contributed by atoms with Crippen LogP contribution in [-0.2, 0) is 11.3 Å². The summed E-state index contributed by atoms with van der Waals surface area (Å²) in [5, 5.41) is 0. The van der Waals surface area contributed by atoms with Crippen LogP contribution < -0.4 is 15.4 Å². The monoisotopic (exact) mass is 284 g/mol. The van der Waals surface area contributed by atoms with Crippen molar-refractivity contribution in [2.75, 3.05) is 18.6 Å². The highest BCUT2D eigenvalue weighted by molar-refractivity contribution is 5.93. The average Bonchev–Trinajstić information content (AvgIpc) is 2.52. The van der Waals surface area contributed by atoms with E-state index in [4.69, 9.17) is 10.5 Å². The number of carbonyl (C=O) groups is 1. The SMILES string of the molecule is Cc1cccc(N(C)C(=O)COc2ccc(CN)cc2)c1. The third-order valence-electron chi connectivity index (χ3n) is 3.28. The van der Waals surface area contributed by atoms with Crippen molar-refractivity contribution < 1.29 is 9.53 Å². The Hall–Kier alpha value is -2.33. The Morgan fingerprint density at radius 3 is 2.52 bits per heavy atom. The van der Waals surface area contributed by atoms with Crippen molar-refractivity contribution in [3.8, 4) is 5.75 Å². The lowest BCUT2D eigenvalue weighted by Crippen LogP contribution is -2.31. The van der Waals surface area contributed by atoms with E-state index < -0.39 is 0 Å². The number of benzene rings is 2. The Labute approximate surface area is 125 Å². The van der Waals surface area contributed by atoms with Crippen molar-refractivity contribution in [1.82, 2.24) is 0 Å². The Bertz CT molecular complexity index is 608. The lowest BCUT2D eigenvalue weighted by atomic mass is 10.2. The van der Waals surface area contributed by atoms with Gasteiger partial charge in [0.1, 0.15) is 5.75 Å². The molecule has 0 saturated heterocycles. The Morgan fingerprint density at radius 2 is 1.90 bits per heavy atom. The molecule has 110 valence electrons. The second-order valence-corrected chi connectivity index (χ2v) is 4.93. The fourth-order valence-corrected chi connectivity index (χ4v) is 1.94. The number of rotatable bonds is 5. The fraction of sp³-hybridized carbons (Fsp3) is 0.235. The summed E-state index contributed by atoms with van der Waals surface area (Å²) in [5.41, 5.74) is 8.55. The molecule has 0 bridgehead atoms. The lowest BCUT2D eigenvalue weighted by Gasteiger charge is -2.18. The summed E-state index contributed by atoms with van der Waals surface area (Å²) in [6.45, 7) is 2.50. The van der Waals surface area contributed by atoms with Crippen molar-refractivity contribution in [1.29, 1.82) is 0 Å². The highest BCUT2D eigenvalue weighted by Crippen LogP contribution is 2.15. The molecule has 2 N–H and O–H groups in total. The smallest absolute Gasteiger partial charge is 0.264 e. The molecule has 0 aliphatic rings. The maximum absolute atomic E-state index is 12.1. The number of hydrogen-bond acceptors (Lipinski definition) is 3. The van der Waals surface area contributed by atoms with Crippen LogP contribution in [0.2, 0.25) is 0 Å². The molecule has 0 saturated carbocycles. The molecule has 2 aromatic rings. The summed E-state index contributed by atoms with van der Waals surface area (Å²) in [6, 6.07) is 15.2. The topological polar surface area (TPSA) is 55.6 Å². The molecule has 0 aliphatic heterocycles. The van der Waals surface area contributed by atoms with Gasteiger partial charge in [0.2, 0.25) is 0 Å². The molecule has 4 nitrogen and oxygen atoms in total. The Morgan fingerprint density at radius 1 is 1.19 bits per heavy atom. The zero-order valence-corrected chi connectivity index (χ0v) is 12.4. The van der Waals surface area contributed by atoms with Crippen molar-refractivity contribution in [3.63, 3.8) is 0 Å². The second kappa shape index (κ2) is 6.90. The number of nitrogens with two attached hydrogens (primary N) is 1. The number of hydrogen-bond donors (Lipinski definition) is 1.